The first kappa shape index (κ1) is 19.6. The van der Waals surface area contributed by atoms with Crippen LogP contribution in [0.1, 0.15) is 31.2 Å². The average molecular weight is 419 g/mol. The fourth-order valence-electron chi connectivity index (χ4n) is 4.10. The molecule has 7 heteroatoms. The van der Waals surface area contributed by atoms with Gasteiger partial charge < -0.3 is 5.32 Å². The molecule has 1 N–H and O–H groups in total. The molecule has 1 aliphatic rings. The first-order chi connectivity index (χ1) is 15.0. The fraction of sp³-hybridized carbons (Fsp3) is 0.292. The van der Waals surface area contributed by atoms with Gasteiger partial charge in [0.05, 0.1) is 17.6 Å². The van der Waals surface area contributed by atoms with Gasteiger partial charge in [0.2, 0.25) is 11.9 Å². The summed E-state index contributed by atoms with van der Waals surface area (Å²) in [4.78, 5) is 13.6. The van der Waals surface area contributed by atoms with Crippen LogP contribution in [-0.2, 0) is 0 Å². The zero-order valence-electron chi connectivity index (χ0n) is 17.2. The molecular weight excluding hydrogens is 396 g/mol. The number of imidazole rings is 1. The molecule has 1 saturated carbocycles. The average Bonchev–Trinajstić information content (AvgIpc) is 3.20. The molecule has 1 fully saturated rings. The molecule has 4 aromatic rings. The molecule has 0 atom stereocenters. The van der Waals surface area contributed by atoms with Crippen molar-refractivity contribution in [3.63, 3.8) is 0 Å². The van der Waals surface area contributed by atoms with Crippen LogP contribution in [0.5, 0.6) is 0 Å². The summed E-state index contributed by atoms with van der Waals surface area (Å²) in [6.07, 6.45) is 6.26. The topological polar surface area (TPSA) is 55.1 Å². The number of nitrogens with zero attached hydrogens (tertiary/aromatic N) is 4. The van der Waals surface area contributed by atoms with Crippen LogP contribution in [0, 0.1) is 6.92 Å². The van der Waals surface area contributed by atoms with Crippen LogP contribution in [0.15, 0.2) is 61.1 Å². The SMILES string of the molecule is Cc1cnc(NC2CCC(F)(F)CC2)nc1-c1cnc2ccc(-c3ccccc3)cn12. The first-order valence-electron chi connectivity index (χ1n) is 10.5. The smallest absolute Gasteiger partial charge is 0.248 e. The van der Waals surface area contributed by atoms with Crippen molar-refractivity contribution in [3.05, 3.63) is 66.6 Å². The van der Waals surface area contributed by atoms with Crippen LogP contribution in [0.25, 0.3) is 28.2 Å². The Labute approximate surface area is 179 Å². The summed E-state index contributed by atoms with van der Waals surface area (Å²) in [5.41, 5.74) is 5.60. The lowest BCUT2D eigenvalue weighted by molar-refractivity contribution is -0.0361. The molecule has 0 saturated heterocycles. The van der Waals surface area contributed by atoms with Crippen molar-refractivity contribution in [1.29, 1.82) is 0 Å². The van der Waals surface area contributed by atoms with Crippen LogP contribution < -0.4 is 5.32 Å². The number of hydrogen-bond acceptors (Lipinski definition) is 4. The third kappa shape index (κ3) is 4.00. The Kier molecular flexibility index (Phi) is 4.88. The Bertz CT molecular complexity index is 1210. The molecule has 3 aromatic heterocycles. The number of alkyl halides is 2. The minimum atomic E-state index is -2.55. The van der Waals surface area contributed by atoms with E-state index in [-0.39, 0.29) is 18.9 Å². The van der Waals surface area contributed by atoms with Crippen LogP contribution in [-0.4, -0.2) is 31.3 Å². The third-order valence-electron chi connectivity index (χ3n) is 5.88. The lowest BCUT2D eigenvalue weighted by Crippen LogP contribution is -2.32. The molecule has 31 heavy (non-hydrogen) atoms. The van der Waals surface area contributed by atoms with E-state index in [9.17, 15) is 8.78 Å². The summed E-state index contributed by atoms with van der Waals surface area (Å²) < 4.78 is 28.9. The predicted octanol–water partition coefficient (Wildman–Crippen LogP) is 5.76. The Hall–Kier alpha value is -3.35. The molecule has 158 valence electrons. The number of anilines is 1. The summed E-state index contributed by atoms with van der Waals surface area (Å²) >= 11 is 0. The fourth-order valence-corrected chi connectivity index (χ4v) is 4.10. The van der Waals surface area contributed by atoms with Gasteiger partial charge in [-0.05, 0) is 48.6 Å². The van der Waals surface area contributed by atoms with Gasteiger partial charge in [-0.25, -0.2) is 23.7 Å². The maximum absolute atomic E-state index is 13.5. The lowest BCUT2D eigenvalue weighted by Gasteiger charge is -2.28. The maximum atomic E-state index is 13.5. The van der Waals surface area contributed by atoms with Gasteiger partial charge in [0.15, 0.2) is 0 Å². The van der Waals surface area contributed by atoms with Gasteiger partial charge in [0.1, 0.15) is 5.65 Å². The first-order valence-corrected chi connectivity index (χ1v) is 10.5. The molecular formula is C24H23F2N5. The molecule has 1 aromatic carbocycles. The molecule has 3 heterocycles. The van der Waals surface area contributed by atoms with Gasteiger partial charge in [-0.1, -0.05) is 30.3 Å². The summed E-state index contributed by atoms with van der Waals surface area (Å²) in [7, 11) is 0. The number of halogens is 2. The predicted molar refractivity (Wildman–Crippen MR) is 117 cm³/mol. The van der Waals surface area contributed by atoms with Gasteiger partial charge in [-0.2, -0.15) is 0 Å². The van der Waals surface area contributed by atoms with Crippen LogP contribution in [0.3, 0.4) is 0 Å². The molecule has 0 amide bonds. The van der Waals surface area contributed by atoms with Crippen molar-refractivity contribution in [3.8, 4) is 22.5 Å². The van der Waals surface area contributed by atoms with Gasteiger partial charge in [-0.15, -0.1) is 0 Å². The number of aryl methyl sites for hydroxylation is 1. The summed E-state index contributed by atoms with van der Waals surface area (Å²) in [5.74, 6) is -2.09. The Balaban J connectivity index is 1.48. The van der Waals surface area contributed by atoms with E-state index in [2.05, 4.69) is 39.7 Å². The monoisotopic (exact) mass is 419 g/mol. The number of aromatic nitrogens is 4. The zero-order valence-corrected chi connectivity index (χ0v) is 17.2. The van der Waals surface area contributed by atoms with E-state index in [0.29, 0.717) is 18.8 Å². The number of benzene rings is 1. The highest BCUT2D eigenvalue weighted by molar-refractivity contribution is 5.69. The molecule has 0 aliphatic heterocycles. The van der Waals surface area contributed by atoms with E-state index in [4.69, 9.17) is 4.98 Å². The lowest BCUT2D eigenvalue weighted by atomic mass is 9.92. The molecule has 0 bridgehead atoms. The van der Waals surface area contributed by atoms with Crippen molar-refractivity contribution in [1.82, 2.24) is 19.4 Å². The molecule has 5 nitrogen and oxygen atoms in total. The van der Waals surface area contributed by atoms with Gasteiger partial charge in [-0.3, -0.25) is 4.40 Å². The second-order valence-electron chi connectivity index (χ2n) is 8.16. The van der Waals surface area contributed by atoms with Gasteiger partial charge >= 0.3 is 0 Å². The van der Waals surface area contributed by atoms with Crippen molar-refractivity contribution >= 4 is 11.6 Å². The number of fused-ring (bicyclic) bond motifs is 1. The van der Waals surface area contributed by atoms with Crippen molar-refractivity contribution in [2.45, 2.75) is 44.6 Å². The second-order valence-corrected chi connectivity index (χ2v) is 8.16. The second kappa shape index (κ2) is 7.72. The molecule has 0 spiro atoms. The van der Waals surface area contributed by atoms with E-state index in [1.54, 1.807) is 6.20 Å². The molecule has 1 aliphatic carbocycles. The van der Waals surface area contributed by atoms with Crippen LogP contribution in [0.4, 0.5) is 14.7 Å². The number of rotatable bonds is 4. The number of nitrogens with one attached hydrogen (secondary N) is 1. The minimum absolute atomic E-state index is 0.0398. The minimum Gasteiger partial charge on any atom is -0.351 e. The number of hydrogen-bond donors (Lipinski definition) is 1. The van der Waals surface area contributed by atoms with E-state index in [1.807, 2.05) is 41.8 Å². The Morgan fingerprint density at radius 1 is 0.968 bits per heavy atom. The summed E-state index contributed by atoms with van der Waals surface area (Å²) in [6.45, 7) is 1.96. The summed E-state index contributed by atoms with van der Waals surface area (Å²) in [6, 6.07) is 14.2. The van der Waals surface area contributed by atoms with Crippen molar-refractivity contribution in [2.75, 3.05) is 5.32 Å². The normalized spacial score (nSPS) is 16.5. The highest BCUT2D eigenvalue weighted by atomic mass is 19.3. The molecule has 0 unspecified atom stereocenters. The van der Waals surface area contributed by atoms with E-state index in [1.165, 1.54) is 0 Å². The Morgan fingerprint density at radius 3 is 2.52 bits per heavy atom. The van der Waals surface area contributed by atoms with Crippen molar-refractivity contribution < 1.29 is 8.78 Å². The summed E-state index contributed by atoms with van der Waals surface area (Å²) in [5, 5.41) is 3.25. The maximum Gasteiger partial charge on any atom is 0.248 e. The molecule has 5 rings (SSSR count). The molecule has 0 radical (unpaired) electrons. The van der Waals surface area contributed by atoms with E-state index >= 15 is 0 Å². The Morgan fingerprint density at radius 2 is 1.74 bits per heavy atom. The third-order valence-corrected chi connectivity index (χ3v) is 5.88. The standard InChI is InChI=1S/C24H23F2N5/c1-16-13-28-23(29-19-9-11-24(25,26)12-10-19)30-22(16)20-14-27-21-8-7-18(15-31(20)21)17-5-3-2-4-6-17/h2-8,13-15,19H,9-12H2,1H3,(H,28,29,30). The van der Waals surface area contributed by atoms with E-state index in [0.717, 1.165) is 33.7 Å². The quantitative estimate of drug-likeness (QED) is 0.457. The highest BCUT2D eigenvalue weighted by Crippen LogP contribution is 2.34. The van der Waals surface area contributed by atoms with Crippen LogP contribution in [0.2, 0.25) is 0 Å². The van der Waals surface area contributed by atoms with Crippen LogP contribution >= 0.6 is 0 Å². The van der Waals surface area contributed by atoms with Crippen molar-refractivity contribution in [2.24, 2.45) is 0 Å². The van der Waals surface area contributed by atoms with E-state index < -0.39 is 5.92 Å². The zero-order chi connectivity index (χ0) is 21.4. The highest BCUT2D eigenvalue weighted by Gasteiger charge is 2.35. The van der Waals surface area contributed by atoms with Gasteiger partial charge in [0, 0.05) is 31.3 Å². The number of pyridine rings is 1. The van der Waals surface area contributed by atoms with Gasteiger partial charge in [0.25, 0.3) is 0 Å². The largest absolute Gasteiger partial charge is 0.351 e.